The molecule has 4 amide bonds. The van der Waals surface area contributed by atoms with Crippen LogP contribution in [0.25, 0.3) is 22.1 Å². The summed E-state index contributed by atoms with van der Waals surface area (Å²) in [6.45, 7) is 12.7. The zero-order valence-electron chi connectivity index (χ0n) is 38.5. The number of thioether (sulfide) groups is 1. The maximum Gasteiger partial charge on any atom is 0.269 e. The molecule has 20 heteroatoms. The molecule has 6 aromatic rings. The number of benzene rings is 2. The fraction of sp³-hybridized carbons (Fsp3) is 0.426. The number of carbonyl (C=O) groups excluding carboxylic acids is 5. The van der Waals surface area contributed by atoms with Crippen molar-refractivity contribution in [2.24, 2.45) is 17.4 Å². The van der Waals surface area contributed by atoms with Gasteiger partial charge in [0.1, 0.15) is 27.7 Å². The van der Waals surface area contributed by atoms with E-state index in [2.05, 4.69) is 20.3 Å². The van der Waals surface area contributed by atoms with Crippen LogP contribution in [-0.4, -0.2) is 119 Å². The molecule has 2 fully saturated rings. The molecule has 1 saturated carbocycles. The van der Waals surface area contributed by atoms with Gasteiger partial charge in [0.25, 0.3) is 5.91 Å². The smallest absolute Gasteiger partial charge is 0.269 e. The number of Topliss-reactive ketones (excluding diaryl/α,β-unsaturated/α-hetero) is 1. The van der Waals surface area contributed by atoms with Crippen LogP contribution in [0.1, 0.15) is 96.2 Å². The average Bonchev–Trinajstić information content (AvgIpc) is 3.66. The lowest BCUT2D eigenvalue weighted by atomic mass is 10.1. The predicted octanol–water partition coefficient (Wildman–Crippen LogP) is 5.42. The molecule has 352 valence electrons. The number of amides is 4. The van der Waals surface area contributed by atoms with Crippen molar-refractivity contribution < 1.29 is 28.7 Å². The number of hydrogen-bond acceptors (Lipinski definition) is 13. The Morgan fingerprint density at radius 2 is 1.57 bits per heavy atom. The lowest BCUT2D eigenvalue weighted by molar-refractivity contribution is -0.134. The number of ether oxygens (including phenoxy) is 1. The van der Waals surface area contributed by atoms with Gasteiger partial charge >= 0.3 is 0 Å². The normalized spacial score (nSPS) is 14.4. The van der Waals surface area contributed by atoms with Crippen molar-refractivity contribution in [3.8, 4) is 5.75 Å². The second-order valence-electron chi connectivity index (χ2n) is 16.8. The Kier molecular flexibility index (Phi) is 14.2. The monoisotopic (exact) mass is 948 g/mol. The summed E-state index contributed by atoms with van der Waals surface area (Å²) in [6, 6.07) is 8.36. The Morgan fingerprint density at radius 3 is 2.22 bits per heavy atom. The molecule has 0 spiro atoms. The number of fused-ring (bicyclic) bond motifs is 2. The van der Waals surface area contributed by atoms with Crippen LogP contribution in [0.15, 0.2) is 47.4 Å². The molecule has 1 aliphatic heterocycles. The summed E-state index contributed by atoms with van der Waals surface area (Å²) >= 11 is 2.75. The van der Waals surface area contributed by atoms with Crippen LogP contribution in [0.4, 0.5) is 5.95 Å². The first kappa shape index (κ1) is 47.1. The number of aromatic nitrogens is 7. The summed E-state index contributed by atoms with van der Waals surface area (Å²) in [5.41, 5.74) is 16.2. The number of nitrogens with zero attached hydrogens (tertiary/aromatic N) is 9. The van der Waals surface area contributed by atoms with Crippen molar-refractivity contribution in [2.75, 3.05) is 50.9 Å². The maximum absolute atomic E-state index is 13.9. The van der Waals surface area contributed by atoms with Crippen LogP contribution < -0.4 is 21.5 Å². The first-order chi connectivity index (χ1) is 32.3. The number of ketones is 1. The van der Waals surface area contributed by atoms with Gasteiger partial charge in [0, 0.05) is 74.3 Å². The van der Waals surface area contributed by atoms with E-state index >= 15 is 0 Å². The van der Waals surface area contributed by atoms with Gasteiger partial charge in [-0.05, 0) is 83.0 Å². The van der Waals surface area contributed by atoms with E-state index in [9.17, 15) is 24.0 Å². The molecule has 1 aliphatic carbocycles. The van der Waals surface area contributed by atoms with E-state index in [1.54, 1.807) is 35.0 Å². The highest BCUT2D eigenvalue weighted by atomic mass is 32.2. The third-order valence-corrected chi connectivity index (χ3v) is 13.9. The quantitative estimate of drug-likeness (QED) is 0.0377. The zero-order chi connectivity index (χ0) is 47.5. The number of piperazine rings is 1. The summed E-state index contributed by atoms with van der Waals surface area (Å²) in [5, 5.41) is 8.26. The van der Waals surface area contributed by atoms with Gasteiger partial charge in [0.15, 0.2) is 5.78 Å². The van der Waals surface area contributed by atoms with Gasteiger partial charge in [-0.2, -0.15) is 5.10 Å². The van der Waals surface area contributed by atoms with Gasteiger partial charge in [0.05, 0.1) is 46.0 Å². The van der Waals surface area contributed by atoms with Crippen LogP contribution in [0.5, 0.6) is 5.75 Å². The molecule has 0 unspecified atom stereocenters. The molecule has 67 heavy (non-hydrogen) atoms. The van der Waals surface area contributed by atoms with E-state index in [0.29, 0.717) is 82.5 Å². The highest BCUT2D eigenvalue weighted by Crippen LogP contribution is 2.34. The van der Waals surface area contributed by atoms with Gasteiger partial charge < -0.3 is 30.2 Å². The Morgan fingerprint density at radius 1 is 0.881 bits per heavy atom. The second kappa shape index (κ2) is 20.2. The van der Waals surface area contributed by atoms with E-state index in [4.69, 9.17) is 26.2 Å². The predicted molar refractivity (Wildman–Crippen MR) is 258 cm³/mol. The molecule has 18 nitrogen and oxygen atoms in total. The van der Waals surface area contributed by atoms with Crippen molar-refractivity contribution >= 4 is 80.5 Å². The van der Waals surface area contributed by atoms with Gasteiger partial charge in [-0.15, -0.1) is 23.1 Å². The largest absolute Gasteiger partial charge is 0.491 e. The Hall–Kier alpha value is -6.38. The molecule has 5 heterocycles. The molecule has 1 saturated heterocycles. The van der Waals surface area contributed by atoms with Crippen molar-refractivity contribution in [3.05, 3.63) is 86.4 Å². The number of anilines is 1. The third kappa shape index (κ3) is 10.3. The number of hydrogen-bond donors (Lipinski definition) is 3. The third-order valence-electron chi connectivity index (χ3n) is 12.1. The first-order valence-corrected chi connectivity index (χ1v) is 24.7. The van der Waals surface area contributed by atoms with Crippen molar-refractivity contribution in [1.82, 2.24) is 43.7 Å². The topological polar surface area (TPSA) is 231 Å². The number of aryl methyl sites for hydroxylation is 4. The number of nitrogens with one attached hydrogen (secondary N) is 1. The van der Waals surface area contributed by atoms with Crippen LogP contribution in [-0.2, 0) is 37.3 Å². The van der Waals surface area contributed by atoms with Crippen molar-refractivity contribution in [2.45, 2.75) is 84.3 Å². The molecular formula is C47H56N12O6S2. The average molecular weight is 949 g/mol. The fourth-order valence-corrected chi connectivity index (χ4v) is 10.1. The number of primary amides is 2. The summed E-state index contributed by atoms with van der Waals surface area (Å²) in [5.74, 6) is -0.146. The molecule has 5 N–H and O–H groups in total. The zero-order valence-corrected chi connectivity index (χ0v) is 40.1. The standard InChI is InChI=1S/C47H56N12O6S2/c1-6-32-42(67-28(4)50-32)45(63)53-47-52-33-22-30(43(48)61)24-37(65-20-10-13-55-16-18-56(19-17-55)46(64)29-11-12-29)40(33)58(47)15-9-8-14-57-39(26-36(60)35-21-27(3)54-59(35)7-2)51-34-23-31(44(49)62)25-38(66-5)41(34)57/h8-9,21-25,29H,6-7,10-20,26H2,1-5H3,(H2,48,61)(H2,49,62)(H,52,53,63)/b9-8+. The Labute approximate surface area is 396 Å². The van der Waals surface area contributed by atoms with E-state index in [-0.39, 0.29) is 48.0 Å². The summed E-state index contributed by atoms with van der Waals surface area (Å²) in [7, 11) is 0. The molecule has 8 rings (SSSR count). The molecule has 0 bridgehead atoms. The number of nitrogens with two attached hydrogens (primary N) is 2. The van der Waals surface area contributed by atoms with Crippen LogP contribution in [0, 0.1) is 19.8 Å². The van der Waals surface area contributed by atoms with Gasteiger partial charge in [-0.3, -0.25) is 38.9 Å². The highest BCUT2D eigenvalue weighted by Gasteiger charge is 2.34. The van der Waals surface area contributed by atoms with Crippen LogP contribution in [0.3, 0.4) is 0 Å². The first-order valence-electron chi connectivity index (χ1n) is 22.6. The van der Waals surface area contributed by atoms with E-state index < -0.39 is 11.8 Å². The fourth-order valence-electron chi connectivity index (χ4n) is 8.56. The van der Waals surface area contributed by atoms with Crippen molar-refractivity contribution in [1.29, 1.82) is 0 Å². The minimum atomic E-state index is -0.651. The number of carbonyl (C=O) groups is 5. The second-order valence-corrected chi connectivity index (χ2v) is 18.9. The lowest BCUT2D eigenvalue weighted by Gasteiger charge is -2.34. The molecular weight excluding hydrogens is 893 g/mol. The Balaban J connectivity index is 1.10. The molecule has 2 aliphatic rings. The van der Waals surface area contributed by atoms with E-state index in [1.165, 1.54) is 23.1 Å². The molecule has 0 radical (unpaired) electrons. The molecule has 2 aromatic carbocycles. The van der Waals surface area contributed by atoms with E-state index in [0.717, 1.165) is 66.7 Å². The summed E-state index contributed by atoms with van der Waals surface area (Å²) in [6.07, 6.45) is 9.00. The maximum atomic E-state index is 13.9. The minimum Gasteiger partial charge on any atom is -0.491 e. The number of allylic oxidation sites excluding steroid dienone is 2. The van der Waals surface area contributed by atoms with Gasteiger partial charge in [-0.1, -0.05) is 19.1 Å². The SMILES string of the molecule is CCc1nc(C)sc1C(=O)Nc1nc2cc(C(N)=O)cc(OCCCN3CCN(C(=O)C4CC4)CC3)c2n1C/C=C/Cn1c(CC(=O)c2cc(C)nn2CC)nc2cc(C(N)=O)cc(SC)c21. The summed E-state index contributed by atoms with van der Waals surface area (Å²) in [4.78, 5) is 85.2. The van der Waals surface area contributed by atoms with Gasteiger partial charge in [-0.25, -0.2) is 15.0 Å². The minimum absolute atomic E-state index is 0.0221. The number of imidazole rings is 2. The highest BCUT2D eigenvalue weighted by molar-refractivity contribution is 7.98. The summed E-state index contributed by atoms with van der Waals surface area (Å²) < 4.78 is 11.9. The van der Waals surface area contributed by atoms with Crippen molar-refractivity contribution in [3.63, 3.8) is 0 Å². The lowest BCUT2D eigenvalue weighted by Crippen LogP contribution is -2.49. The van der Waals surface area contributed by atoms with Crippen LogP contribution in [0.2, 0.25) is 0 Å². The Bertz CT molecular complexity index is 2920. The number of thiazole rings is 1. The van der Waals surface area contributed by atoms with E-state index in [1.807, 2.05) is 60.1 Å². The van der Waals surface area contributed by atoms with Gasteiger partial charge in [0.2, 0.25) is 23.7 Å². The number of rotatable bonds is 20. The molecule has 0 atom stereocenters. The van der Waals surface area contributed by atoms with Crippen LogP contribution >= 0.6 is 23.1 Å². The molecule has 4 aromatic heterocycles.